The Morgan fingerprint density at radius 1 is 1.29 bits per heavy atom. The first-order valence-electron chi connectivity index (χ1n) is 6.77. The van der Waals surface area contributed by atoms with Gasteiger partial charge in [-0.05, 0) is 45.4 Å². The van der Waals surface area contributed by atoms with E-state index in [-0.39, 0.29) is 11.3 Å². The lowest BCUT2D eigenvalue weighted by molar-refractivity contribution is -0.139. The summed E-state index contributed by atoms with van der Waals surface area (Å²) >= 11 is 0. The summed E-state index contributed by atoms with van der Waals surface area (Å²) in [7, 11) is 0. The van der Waals surface area contributed by atoms with Crippen molar-refractivity contribution < 1.29 is 17.9 Å². The molecule has 0 aliphatic carbocycles. The van der Waals surface area contributed by atoms with Gasteiger partial charge in [-0.3, -0.25) is 0 Å². The number of rotatable bonds is 5. The zero-order chi connectivity index (χ0) is 16.3. The van der Waals surface area contributed by atoms with Gasteiger partial charge in [-0.15, -0.1) is 0 Å². The number of benzene rings is 1. The molecule has 1 aromatic carbocycles. The van der Waals surface area contributed by atoms with Crippen LogP contribution in [0, 0.1) is 0 Å². The minimum atomic E-state index is -4.45. The Morgan fingerprint density at radius 3 is 2.38 bits per heavy atom. The smallest absolute Gasteiger partial charge is 0.419 e. The predicted octanol–water partition coefficient (Wildman–Crippen LogP) is 4.55. The fraction of sp³-hybridized carbons (Fsp3) is 0.500. The van der Waals surface area contributed by atoms with Gasteiger partial charge in [0, 0.05) is 12.1 Å². The van der Waals surface area contributed by atoms with Crippen LogP contribution in [-0.4, -0.2) is 11.6 Å². The zero-order valence-corrected chi connectivity index (χ0v) is 12.8. The summed E-state index contributed by atoms with van der Waals surface area (Å²) in [5.41, 5.74) is -0.356. The van der Waals surface area contributed by atoms with Crippen molar-refractivity contribution in [3.8, 4) is 5.75 Å². The second kappa shape index (κ2) is 6.52. The molecule has 0 spiro atoms. The highest BCUT2D eigenvalue weighted by atomic mass is 19.4. The van der Waals surface area contributed by atoms with E-state index in [0.29, 0.717) is 12.1 Å². The summed E-state index contributed by atoms with van der Waals surface area (Å²) in [6.07, 6.45) is -3.48. The Morgan fingerprint density at radius 2 is 1.90 bits per heavy atom. The molecule has 0 radical (unpaired) electrons. The van der Waals surface area contributed by atoms with E-state index in [1.165, 1.54) is 12.1 Å². The van der Waals surface area contributed by atoms with E-state index >= 15 is 0 Å². The summed E-state index contributed by atoms with van der Waals surface area (Å²) in [5, 5.41) is 3.16. The molecule has 5 heteroatoms. The molecule has 1 aromatic rings. The van der Waals surface area contributed by atoms with Crippen LogP contribution >= 0.6 is 0 Å². The van der Waals surface area contributed by atoms with Crippen LogP contribution < -0.4 is 10.1 Å². The Bertz CT molecular complexity index is 489. The maximum Gasteiger partial charge on any atom is 0.419 e. The quantitative estimate of drug-likeness (QED) is 0.806. The van der Waals surface area contributed by atoms with E-state index in [1.807, 2.05) is 20.8 Å². The molecule has 0 amide bonds. The Labute approximate surface area is 124 Å². The van der Waals surface area contributed by atoms with Crippen molar-refractivity contribution in [3.05, 3.63) is 42.0 Å². The summed E-state index contributed by atoms with van der Waals surface area (Å²) < 4.78 is 44.7. The molecule has 0 fully saturated rings. The lowest BCUT2D eigenvalue weighted by Crippen LogP contribution is -2.35. The standard InChI is InChI=1S/C16H22F3NO/c1-6-11(2)21-14-8-7-12(10-20-15(3,4)5)9-13(14)16(17,18)19/h6-9,11,20H,1,10H2,2-5H3. The molecule has 21 heavy (non-hydrogen) atoms. The molecule has 0 aliphatic heterocycles. The number of hydrogen-bond donors (Lipinski definition) is 1. The van der Waals surface area contributed by atoms with Crippen molar-refractivity contribution >= 4 is 0 Å². The van der Waals surface area contributed by atoms with Crippen molar-refractivity contribution in [1.82, 2.24) is 5.32 Å². The Kier molecular flexibility index (Phi) is 5.45. The van der Waals surface area contributed by atoms with Crippen molar-refractivity contribution in [2.45, 2.75) is 52.1 Å². The fourth-order valence-electron chi connectivity index (χ4n) is 1.63. The third kappa shape index (κ3) is 5.79. The zero-order valence-electron chi connectivity index (χ0n) is 12.8. The minimum Gasteiger partial charge on any atom is -0.486 e. The average molecular weight is 301 g/mol. The molecule has 0 heterocycles. The van der Waals surface area contributed by atoms with Gasteiger partial charge in [0.25, 0.3) is 0 Å². The molecule has 1 rings (SSSR count). The minimum absolute atomic E-state index is 0.162. The van der Waals surface area contributed by atoms with Gasteiger partial charge in [-0.2, -0.15) is 13.2 Å². The number of halogens is 3. The van der Waals surface area contributed by atoms with Gasteiger partial charge >= 0.3 is 6.18 Å². The van der Waals surface area contributed by atoms with Gasteiger partial charge in [0.2, 0.25) is 0 Å². The van der Waals surface area contributed by atoms with Crippen molar-refractivity contribution in [1.29, 1.82) is 0 Å². The molecule has 2 nitrogen and oxygen atoms in total. The lowest BCUT2D eigenvalue weighted by Gasteiger charge is -2.22. The monoisotopic (exact) mass is 301 g/mol. The van der Waals surface area contributed by atoms with Gasteiger partial charge < -0.3 is 10.1 Å². The summed E-state index contributed by atoms with van der Waals surface area (Å²) in [6, 6.07) is 4.13. The molecule has 118 valence electrons. The van der Waals surface area contributed by atoms with E-state index in [1.54, 1.807) is 13.0 Å². The second-order valence-corrected chi connectivity index (χ2v) is 5.99. The SMILES string of the molecule is C=CC(C)Oc1ccc(CNC(C)(C)C)cc1C(F)(F)F. The second-order valence-electron chi connectivity index (χ2n) is 5.99. The number of ether oxygens (including phenoxy) is 1. The molecule has 0 aromatic heterocycles. The van der Waals surface area contributed by atoms with Crippen molar-refractivity contribution in [2.75, 3.05) is 0 Å². The van der Waals surface area contributed by atoms with Crippen LogP contribution in [0.5, 0.6) is 5.75 Å². The average Bonchev–Trinajstić information content (AvgIpc) is 2.35. The van der Waals surface area contributed by atoms with E-state index < -0.39 is 17.8 Å². The van der Waals surface area contributed by atoms with Crippen LogP contribution in [0.3, 0.4) is 0 Å². The number of alkyl halides is 3. The van der Waals surface area contributed by atoms with Gasteiger partial charge in [-0.25, -0.2) is 0 Å². The van der Waals surface area contributed by atoms with E-state index in [0.717, 1.165) is 6.07 Å². The third-order valence-electron chi connectivity index (χ3n) is 2.82. The normalized spacial score (nSPS) is 13.9. The van der Waals surface area contributed by atoms with Crippen molar-refractivity contribution in [2.24, 2.45) is 0 Å². The highest BCUT2D eigenvalue weighted by Gasteiger charge is 2.35. The van der Waals surface area contributed by atoms with Crippen LogP contribution in [0.2, 0.25) is 0 Å². The first-order valence-corrected chi connectivity index (χ1v) is 6.77. The molecular formula is C16H22F3NO. The topological polar surface area (TPSA) is 21.3 Å². The van der Waals surface area contributed by atoms with Crippen LogP contribution in [0.1, 0.15) is 38.8 Å². The lowest BCUT2D eigenvalue weighted by atomic mass is 10.1. The highest BCUT2D eigenvalue weighted by molar-refractivity contribution is 5.39. The van der Waals surface area contributed by atoms with Crippen molar-refractivity contribution in [3.63, 3.8) is 0 Å². The molecule has 1 atom stereocenters. The van der Waals surface area contributed by atoms with E-state index in [4.69, 9.17) is 4.74 Å². The first-order chi connectivity index (χ1) is 9.53. The molecule has 0 bridgehead atoms. The van der Waals surface area contributed by atoms with Gasteiger partial charge in [-0.1, -0.05) is 18.7 Å². The van der Waals surface area contributed by atoms with Gasteiger partial charge in [0.15, 0.2) is 0 Å². The Balaban J connectivity index is 3.04. The molecule has 0 saturated carbocycles. The molecule has 1 N–H and O–H groups in total. The summed E-state index contributed by atoms with van der Waals surface area (Å²) in [4.78, 5) is 0. The molecule has 0 aliphatic rings. The van der Waals surface area contributed by atoms with Crippen LogP contribution in [-0.2, 0) is 12.7 Å². The third-order valence-corrected chi connectivity index (χ3v) is 2.82. The van der Waals surface area contributed by atoms with E-state index in [9.17, 15) is 13.2 Å². The molecule has 1 unspecified atom stereocenters. The Hall–Kier alpha value is -1.49. The van der Waals surface area contributed by atoms with E-state index in [2.05, 4.69) is 11.9 Å². The first kappa shape index (κ1) is 17.6. The predicted molar refractivity (Wildman–Crippen MR) is 78.3 cm³/mol. The summed E-state index contributed by atoms with van der Waals surface area (Å²) in [6.45, 7) is 11.4. The van der Waals surface area contributed by atoms with Crippen LogP contribution in [0.25, 0.3) is 0 Å². The molecule has 0 saturated heterocycles. The highest BCUT2D eigenvalue weighted by Crippen LogP contribution is 2.37. The van der Waals surface area contributed by atoms with Crippen LogP contribution in [0.4, 0.5) is 13.2 Å². The largest absolute Gasteiger partial charge is 0.486 e. The fourth-order valence-corrected chi connectivity index (χ4v) is 1.63. The van der Waals surface area contributed by atoms with Gasteiger partial charge in [0.05, 0.1) is 5.56 Å². The van der Waals surface area contributed by atoms with Gasteiger partial charge in [0.1, 0.15) is 11.9 Å². The maximum atomic E-state index is 13.1. The number of nitrogens with one attached hydrogen (secondary N) is 1. The molecular weight excluding hydrogens is 279 g/mol. The number of hydrogen-bond acceptors (Lipinski definition) is 2. The van der Waals surface area contributed by atoms with Crippen LogP contribution in [0.15, 0.2) is 30.9 Å². The summed E-state index contributed by atoms with van der Waals surface area (Å²) in [5.74, 6) is -0.172. The maximum absolute atomic E-state index is 13.1.